The van der Waals surface area contributed by atoms with Gasteiger partial charge in [-0.2, -0.15) is 0 Å². The van der Waals surface area contributed by atoms with Crippen LogP contribution in [0.15, 0.2) is 23.4 Å². The third kappa shape index (κ3) is 3.41. The molecule has 0 aliphatic heterocycles. The fourth-order valence-corrected chi connectivity index (χ4v) is 2.85. The SMILES string of the molecule is CC(CCO)NS(=O)(=O)c1cnccc1Cl. The van der Waals surface area contributed by atoms with Crippen LogP contribution in [0.1, 0.15) is 13.3 Å². The number of nitrogens with zero attached hydrogens (tertiary/aromatic N) is 1. The van der Waals surface area contributed by atoms with E-state index in [-0.39, 0.29) is 22.6 Å². The maximum atomic E-state index is 11.8. The minimum absolute atomic E-state index is 0.0542. The van der Waals surface area contributed by atoms with E-state index < -0.39 is 10.0 Å². The number of halogens is 1. The second-order valence-electron chi connectivity index (χ2n) is 3.34. The van der Waals surface area contributed by atoms with Crippen LogP contribution < -0.4 is 4.72 Å². The summed E-state index contributed by atoms with van der Waals surface area (Å²) in [5.74, 6) is 0. The smallest absolute Gasteiger partial charge is 0.243 e. The van der Waals surface area contributed by atoms with Gasteiger partial charge in [0.05, 0.1) is 5.02 Å². The molecule has 2 N–H and O–H groups in total. The van der Waals surface area contributed by atoms with Gasteiger partial charge in [0.15, 0.2) is 0 Å². The second-order valence-corrected chi connectivity index (χ2v) is 5.43. The summed E-state index contributed by atoms with van der Waals surface area (Å²) in [5, 5.41) is 8.81. The van der Waals surface area contributed by atoms with Crippen molar-refractivity contribution in [3.8, 4) is 0 Å². The van der Waals surface area contributed by atoms with Crippen molar-refractivity contribution in [2.45, 2.75) is 24.3 Å². The number of aliphatic hydroxyl groups is 1. The lowest BCUT2D eigenvalue weighted by Gasteiger charge is -2.13. The third-order valence-corrected chi connectivity index (χ3v) is 4.00. The molecule has 1 heterocycles. The molecule has 1 unspecified atom stereocenters. The summed E-state index contributed by atoms with van der Waals surface area (Å²) in [6.07, 6.45) is 2.95. The molecule has 0 spiro atoms. The zero-order valence-electron chi connectivity index (χ0n) is 8.72. The molecule has 1 aromatic rings. The molecule has 0 aromatic carbocycles. The zero-order valence-corrected chi connectivity index (χ0v) is 10.3. The van der Waals surface area contributed by atoms with Gasteiger partial charge in [-0.25, -0.2) is 13.1 Å². The van der Waals surface area contributed by atoms with E-state index in [2.05, 4.69) is 9.71 Å². The van der Waals surface area contributed by atoms with Crippen molar-refractivity contribution in [1.29, 1.82) is 0 Å². The molecule has 0 saturated carbocycles. The van der Waals surface area contributed by atoms with Gasteiger partial charge in [-0.1, -0.05) is 11.6 Å². The quantitative estimate of drug-likeness (QED) is 0.824. The lowest BCUT2D eigenvalue weighted by atomic mass is 10.3. The molecule has 0 aliphatic carbocycles. The first-order valence-corrected chi connectivity index (χ1v) is 6.56. The van der Waals surface area contributed by atoms with Gasteiger partial charge in [0.25, 0.3) is 0 Å². The standard InChI is InChI=1S/C9H13ClN2O3S/c1-7(3-5-13)12-16(14,15)9-6-11-4-2-8(9)10/h2,4,6-7,12-13H,3,5H2,1H3. The van der Waals surface area contributed by atoms with Crippen molar-refractivity contribution < 1.29 is 13.5 Å². The third-order valence-electron chi connectivity index (χ3n) is 1.94. The first-order chi connectivity index (χ1) is 7.47. The molecule has 1 rings (SSSR count). The van der Waals surface area contributed by atoms with Crippen LogP contribution >= 0.6 is 11.6 Å². The Labute approximate surface area is 99.5 Å². The topological polar surface area (TPSA) is 79.3 Å². The zero-order chi connectivity index (χ0) is 12.2. The Bertz CT molecular complexity index is 450. The predicted molar refractivity (Wildman–Crippen MR) is 60.7 cm³/mol. The number of aromatic nitrogens is 1. The first-order valence-electron chi connectivity index (χ1n) is 4.70. The van der Waals surface area contributed by atoms with E-state index in [9.17, 15) is 8.42 Å². The Hall–Kier alpha value is -0.690. The van der Waals surface area contributed by atoms with Crippen molar-refractivity contribution in [1.82, 2.24) is 9.71 Å². The summed E-state index contributed by atoms with van der Waals surface area (Å²) in [4.78, 5) is 3.66. The van der Waals surface area contributed by atoms with E-state index in [1.807, 2.05) is 0 Å². The molecule has 90 valence electrons. The number of nitrogens with one attached hydrogen (secondary N) is 1. The maximum Gasteiger partial charge on any atom is 0.243 e. The summed E-state index contributed by atoms with van der Waals surface area (Å²) in [5.41, 5.74) is 0. The molecule has 16 heavy (non-hydrogen) atoms. The van der Waals surface area contributed by atoms with E-state index >= 15 is 0 Å². The van der Waals surface area contributed by atoms with Crippen LogP contribution in [0.3, 0.4) is 0 Å². The molecule has 0 radical (unpaired) electrons. The predicted octanol–water partition coefficient (Wildman–Crippen LogP) is 0.784. The Balaban J connectivity index is 2.91. The fourth-order valence-electron chi connectivity index (χ4n) is 1.14. The summed E-state index contributed by atoms with van der Waals surface area (Å²) in [7, 11) is -3.67. The summed E-state index contributed by atoms with van der Waals surface area (Å²) < 4.78 is 26.0. The first kappa shape index (κ1) is 13.4. The highest BCUT2D eigenvalue weighted by molar-refractivity contribution is 7.89. The van der Waals surface area contributed by atoms with Crippen LogP contribution in [0, 0.1) is 0 Å². The number of pyridine rings is 1. The van der Waals surface area contributed by atoms with E-state index in [1.165, 1.54) is 18.5 Å². The van der Waals surface area contributed by atoms with Crippen LogP contribution in [-0.4, -0.2) is 31.2 Å². The molecular weight excluding hydrogens is 252 g/mol. The van der Waals surface area contributed by atoms with E-state index in [4.69, 9.17) is 16.7 Å². The molecule has 0 bridgehead atoms. The van der Waals surface area contributed by atoms with E-state index in [1.54, 1.807) is 6.92 Å². The Kier molecular flexibility index (Phi) is 4.67. The number of rotatable bonds is 5. The van der Waals surface area contributed by atoms with Crippen molar-refractivity contribution in [2.75, 3.05) is 6.61 Å². The van der Waals surface area contributed by atoms with Crippen LogP contribution in [0.2, 0.25) is 5.02 Å². The van der Waals surface area contributed by atoms with Crippen LogP contribution in [-0.2, 0) is 10.0 Å². The van der Waals surface area contributed by atoms with Gasteiger partial charge in [0.2, 0.25) is 10.0 Å². The van der Waals surface area contributed by atoms with Gasteiger partial charge in [0, 0.05) is 25.0 Å². The maximum absolute atomic E-state index is 11.8. The molecule has 5 nitrogen and oxygen atoms in total. The highest BCUT2D eigenvalue weighted by Gasteiger charge is 2.20. The van der Waals surface area contributed by atoms with Crippen molar-refractivity contribution in [2.24, 2.45) is 0 Å². The minimum Gasteiger partial charge on any atom is -0.396 e. The van der Waals surface area contributed by atoms with Gasteiger partial charge >= 0.3 is 0 Å². The molecule has 0 saturated heterocycles. The minimum atomic E-state index is -3.67. The van der Waals surface area contributed by atoms with Gasteiger partial charge < -0.3 is 5.11 Å². The highest BCUT2D eigenvalue weighted by atomic mass is 35.5. The lowest BCUT2D eigenvalue weighted by molar-refractivity contribution is 0.275. The second kappa shape index (κ2) is 5.58. The Morgan fingerprint density at radius 2 is 2.31 bits per heavy atom. The van der Waals surface area contributed by atoms with Crippen molar-refractivity contribution >= 4 is 21.6 Å². The molecule has 1 atom stereocenters. The van der Waals surface area contributed by atoms with Crippen molar-refractivity contribution in [3.63, 3.8) is 0 Å². The number of hydrogen-bond donors (Lipinski definition) is 2. The highest BCUT2D eigenvalue weighted by Crippen LogP contribution is 2.19. The number of hydrogen-bond acceptors (Lipinski definition) is 4. The average molecular weight is 265 g/mol. The fraction of sp³-hybridized carbons (Fsp3) is 0.444. The molecule has 7 heteroatoms. The van der Waals surface area contributed by atoms with Crippen LogP contribution in [0.5, 0.6) is 0 Å². The molecular formula is C9H13ClN2O3S. The van der Waals surface area contributed by atoms with Gasteiger partial charge in [-0.15, -0.1) is 0 Å². The summed E-state index contributed by atoms with van der Waals surface area (Å²) in [6.45, 7) is 1.59. The molecule has 0 aliphatic rings. The number of sulfonamides is 1. The summed E-state index contributed by atoms with van der Waals surface area (Å²) in [6, 6.07) is 1.05. The van der Waals surface area contributed by atoms with E-state index in [0.29, 0.717) is 6.42 Å². The van der Waals surface area contributed by atoms with Crippen molar-refractivity contribution in [3.05, 3.63) is 23.5 Å². The van der Waals surface area contributed by atoms with Crippen LogP contribution in [0.25, 0.3) is 0 Å². The van der Waals surface area contributed by atoms with Gasteiger partial charge in [-0.05, 0) is 19.4 Å². The Morgan fingerprint density at radius 1 is 1.62 bits per heavy atom. The van der Waals surface area contributed by atoms with E-state index in [0.717, 1.165) is 0 Å². The van der Waals surface area contributed by atoms with Gasteiger partial charge in [-0.3, -0.25) is 4.98 Å². The van der Waals surface area contributed by atoms with Gasteiger partial charge in [0.1, 0.15) is 4.90 Å². The number of aliphatic hydroxyl groups excluding tert-OH is 1. The Morgan fingerprint density at radius 3 is 2.88 bits per heavy atom. The van der Waals surface area contributed by atoms with Crippen LogP contribution in [0.4, 0.5) is 0 Å². The molecule has 1 aromatic heterocycles. The molecule has 0 amide bonds. The average Bonchev–Trinajstić information content (AvgIpc) is 2.17. The summed E-state index contributed by atoms with van der Waals surface area (Å²) >= 11 is 5.76. The lowest BCUT2D eigenvalue weighted by Crippen LogP contribution is -2.33. The monoisotopic (exact) mass is 264 g/mol. The largest absolute Gasteiger partial charge is 0.396 e. The normalized spacial score (nSPS) is 13.7. The molecule has 0 fully saturated rings.